The Kier molecular flexibility index (Phi) is 6.27. The van der Waals surface area contributed by atoms with Gasteiger partial charge in [0.15, 0.2) is 0 Å². The van der Waals surface area contributed by atoms with Crippen LogP contribution in [0.25, 0.3) is 0 Å². The zero-order chi connectivity index (χ0) is 22.7. The summed E-state index contributed by atoms with van der Waals surface area (Å²) in [5, 5.41) is 2.76. The third-order valence-corrected chi connectivity index (χ3v) is 6.09. The van der Waals surface area contributed by atoms with Crippen LogP contribution in [0.1, 0.15) is 27.2 Å². The van der Waals surface area contributed by atoms with Crippen molar-refractivity contribution in [2.45, 2.75) is 24.0 Å². The van der Waals surface area contributed by atoms with Crippen LogP contribution in [-0.4, -0.2) is 24.1 Å². The smallest absolute Gasteiger partial charge is 0.416 e. The fourth-order valence-corrected chi connectivity index (χ4v) is 4.33. The molecule has 1 aliphatic rings. The summed E-state index contributed by atoms with van der Waals surface area (Å²) in [5.74, 6) is 0.386. The van der Waals surface area contributed by atoms with E-state index in [2.05, 4.69) is 5.32 Å². The molecule has 0 spiro atoms. The lowest BCUT2D eigenvalue weighted by molar-refractivity contribution is -0.137. The molecule has 0 fully saturated rings. The van der Waals surface area contributed by atoms with Crippen molar-refractivity contribution in [3.05, 3.63) is 83.3 Å². The minimum Gasteiger partial charge on any atom is -0.467 e. The molecule has 4 rings (SSSR count). The summed E-state index contributed by atoms with van der Waals surface area (Å²) in [6.07, 6.45) is -2.64. The van der Waals surface area contributed by atoms with Crippen LogP contribution in [0.2, 0.25) is 0 Å². The molecular formula is C23H19F3N2O3S. The molecule has 0 bridgehead atoms. The van der Waals surface area contributed by atoms with Crippen molar-refractivity contribution in [3.63, 3.8) is 0 Å². The van der Waals surface area contributed by atoms with Crippen LogP contribution in [0.3, 0.4) is 0 Å². The Labute approximate surface area is 186 Å². The van der Waals surface area contributed by atoms with Crippen LogP contribution in [-0.2, 0) is 23.9 Å². The first-order valence-corrected chi connectivity index (χ1v) is 10.8. The highest BCUT2D eigenvalue weighted by Gasteiger charge is 2.30. The van der Waals surface area contributed by atoms with Crippen molar-refractivity contribution in [3.8, 4) is 0 Å². The monoisotopic (exact) mass is 460 g/mol. The molecule has 0 aliphatic carbocycles. The van der Waals surface area contributed by atoms with Gasteiger partial charge in [0.2, 0.25) is 5.91 Å². The van der Waals surface area contributed by atoms with Crippen LogP contribution in [0.4, 0.5) is 18.9 Å². The summed E-state index contributed by atoms with van der Waals surface area (Å²) in [7, 11) is 0. The molecular weight excluding hydrogens is 441 g/mol. The van der Waals surface area contributed by atoms with Crippen LogP contribution < -0.4 is 10.2 Å². The fourth-order valence-electron chi connectivity index (χ4n) is 3.42. The zero-order valence-electron chi connectivity index (χ0n) is 16.8. The summed E-state index contributed by atoms with van der Waals surface area (Å²) in [6, 6.07) is 13.7. The molecule has 2 heterocycles. The van der Waals surface area contributed by atoms with Gasteiger partial charge < -0.3 is 14.6 Å². The number of hydrogen-bond donors (Lipinski definition) is 1. The quantitative estimate of drug-likeness (QED) is 0.568. The molecule has 0 saturated heterocycles. The Morgan fingerprint density at radius 2 is 1.97 bits per heavy atom. The number of nitrogens with zero attached hydrogens (tertiary/aromatic N) is 1. The number of amides is 2. The van der Waals surface area contributed by atoms with Crippen LogP contribution in [0, 0.1) is 0 Å². The van der Waals surface area contributed by atoms with E-state index in [0.717, 1.165) is 17.0 Å². The average molecular weight is 460 g/mol. The lowest BCUT2D eigenvalue weighted by Crippen LogP contribution is -2.37. The van der Waals surface area contributed by atoms with E-state index in [4.69, 9.17) is 4.42 Å². The molecule has 0 saturated carbocycles. The molecule has 1 N–H and O–H groups in total. The van der Waals surface area contributed by atoms with Gasteiger partial charge in [-0.15, -0.1) is 11.8 Å². The van der Waals surface area contributed by atoms with Crippen LogP contribution in [0.5, 0.6) is 0 Å². The fraction of sp³-hybridized carbons (Fsp3) is 0.217. The largest absolute Gasteiger partial charge is 0.467 e. The Hall–Kier alpha value is -3.20. The van der Waals surface area contributed by atoms with Gasteiger partial charge in [0.25, 0.3) is 5.91 Å². The summed E-state index contributed by atoms with van der Waals surface area (Å²) in [5.41, 5.74) is 0.740. The molecule has 166 valence electrons. The molecule has 1 aromatic heterocycles. The molecule has 9 heteroatoms. The van der Waals surface area contributed by atoms with E-state index in [1.807, 2.05) is 0 Å². The standard InChI is InChI=1S/C23H19F3N2O3S/c24-23(25,26)17-4-1-3-15(11-17)8-9-28-19-12-16(6-7-20(19)32-14-21(28)29)22(30)27-13-18-5-2-10-31-18/h1-7,10-12H,8-9,13-14H2,(H,27,30). The maximum absolute atomic E-state index is 13.0. The first kappa shape index (κ1) is 22.0. The summed E-state index contributed by atoms with van der Waals surface area (Å²) < 4.78 is 44.2. The first-order valence-electron chi connectivity index (χ1n) is 9.85. The van der Waals surface area contributed by atoms with Crippen molar-refractivity contribution >= 4 is 29.3 Å². The number of nitrogens with one attached hydrogen (secondary N) is 1. The van der Waals surface area contributed by atoms with E-state index >= 15 is 0 Å². The summed E-state index contributed by atoms with van der Waals surface area (Å²) in [4.78, 5) is 27.5. The average Bonchev–Trinajstić information content (AvgIpc) is 3.30. The van der Waals surface area contributed by atoms with Crippen molar-refractivity contribution in [2.75, 3.05) is 17.2 Å². The summed E-state index contributed by atoms with van der Waals surface area (Å²) >= 11 is 1.37. The zero-order valence-corrected chi connectivity index (χ0v) is 17.6. The third kappa shape index (κ3) is 4.99. The van der Waals surface area contributed by atoms with Gasteiger partial charge in [-0.05, 0) is 48.4 Å². The maximum atomic E-state index is 13.0. The Morgan fingerprint density at radius 3 is 2.72 bits per heavy atom. The van der Waals surface area contributed by atoms with E-state index in [1.165, 1.54) is 29.0 Å². The number of furan rings is 1. The van der Waals surface area contributed by atoms with E-state index in [9.17, 15) is 22.8 Å². The molecule has 2 aromatic carbocycles. The maximum Gasteiger partial charge on any atom is 0.416 e. The van der Waals surface area contributed by atoms with Gasteiger partial charge in [-0.1, -0.05) is 18.2 Å². The van der Waals surface area contributed by atoms with Crippen molar-refractivity contribution < 1.29 is 27.2 Å². The number of rotatable bonds is 6. The Bertz CT molecular complexity index is 1130. The van der Waals surface area contributed by atoms with Gasteiger partial charge in [-0.2, -0.15) is 13.2 Å². The van der Waals surface area contributed by atoms with Gasteiger partial charge in [-0.3, -0.25) is 9.59 Å². The van der Waals surface area contributed by atoms with E-state index in [1.54, 1.807) is 36.4 Å². The predicted molar refractivity (Wildman–Crippen MR) is 115 cm³/mol. The molecule has 3 aromatic rings. The SMILES string of the molecule is O=C(NCc1ccco1)c1ccc2c(c1)N(CCc1cccc(C(F)(F)F)c1)C(=O)CS2. The van der Waals surface area contributed by atoms with Gasteiger partial charge in [0.1, 0.15) is 5.76 Å². The summed E-state index contributed by atoms with van der Waals surface area (Å²) in [6.45, 7) is 0.445. The normalized spacial score (nSPS) is 13.7. The molecule has 2 amide bonds. The second kappa shape index (κ2) is 9.12. The minimum absolute atomic E-state index is 0.150. The Morgan fingerprint density at radius 1 is 1.12 bits per heavy atom. The lowest BCUT2D eigenvalue weighted by Gasteiger charge is -2.29. The van der Waals surface area contributed by atoms with Gasteiger partial charge in [0, 0.05) is 17.0 Å². The Balaban J connectivity index is 1.50. The number of anilines is 1. The molecule has 0 unspecified atom stereocenters. The van der Waals surface area contributed by atoms with E-state index in [-0.39, 0.29) is 37.1 Å². The number of carbonyl (C=O) groups excluding carboxylic acids is 2. The first-order chi connectivity index (χ1) is 15.3. The number of benzene rings is 2. The second-order valence-electron chi connectivity index (χ2n) is 7.23. The highest BCUT2D eigenvalue weighted by Crippen LogP contribution is 2.36. The molecule has 0 atom stereocenters. The van der Waals surface area contributed by atoms with Gasteiger partial charge in [-0.25, -0.2) is 0 Å². The second-order valence-corrected chi connectivity index (χ2v) is 8.24. The topological polar surface area (TPSA) is 62.6 Å². The number of hydrogen-bond acceptors (Lipinski definition) is 4. The highest BCUT2D eigenvalue weighted by atomic mass is 32.2. The van der Waals surface area contributed by atoms with Crippen LogP contribution in [0.15, 0.2) is 70.2 Å². The van der Waals surface area contributed by atoms with Crippen LogP contribution >= 0.6 is 11.8 Å². The highest BCUT2D eigenvalue weighted by molar-refractivity contribution is 8.00. The molecule has 1 aliphatic heterocycles. The number of fused-ring (bicyclic) bond motifs is 1. The molecule has 5 nitrogen and oxygen atoms in total. The number of alkyl halides is 3. The van der Waals surface area contributed by atoms with Crippen molar-refractivity contribution in [2.24, 2.45) is 0 Å². The minimum atomic E-state index is -4.42. The molecule has 32 heavy (non-hydrogen) atoms. The van der Waals surface area contributed by atoms with Crippen molar-refractivity contribution in [1.82, 2.24) is 5.32 Å². The molecule has 0 radical (unpaired) electrons. The van der Waals surface area contributed by atoms with Gasteiger partial charge in [0.05, 0.1) is 29.8 Å². The van der Waals surface area contributed by atoms with E-state index < -0.39 is 11.7 Å². The number of thioether (sulfide) groups is 1. The number of carbonyl (C=O) groups is 2. The third-order valence-electron chi connectivity index (χ3n) is 5.05. The number of halogens is 3. The van der Waals surface area contributed by atoms with Gasteiger partial charge >= 0.3 is 6.18 Å². The van der Waals surface area contributed by atoms with Crippen molar-refractivity contribution in [1.29, 1.82) is 0 Å². The predicted octanol–water partition coefficient (Wildman–Crippen LogP) is 4.91. The lowest BCUT2D eigenvalue weighted by atomic mass is 10.1. The van der Waals surface area contributed by atoms with E-state index in [0.29, 0.717) is 22.6 Å².